The summed E-state index contributed by atoms with van der Waals surface area (Å²) in [6, 6.07) is 4.10. The van der Waals surface area contributed by atoms with Gasteiger partial charge in [-0.3, -0.25) is 9.69 Å². The van der Waals surface area contributed by atoms with E-state index in [0.717, 1.165) is 26.2 Å². The van der Waals surface area contributed by atoms with E-state index >= 15 is 0 Å². The first-order chi connectivity index (χ1) is 9.65. The van der Waals surface area contributed by atoms with Crippen molar-refractivity contribution in [2.75, 3.05) is 40.3 Å². The smallest absolute Gasteiger partial charge is 0.236 e. The number of amides is 1. The van der Waals surface area contributed by atoms with Gasteiger partial charge in [0.05, 0.1) is 13.1 Å². The van der Waals surface area contributed by atoms with Crippen LogP contribution < -0.4 is 5.32 Å². The van der Waals surface area contributed by atoms with E-state index in [1.54, 1.807) is 11.3 Å². The van der Waals surface area contributed by atoms with Crippen molar-refractivity contribution in [3.8, 4) is 0 Å². The molecule has 2 heterocycles. The lowest BCUT2D eigenvalue weighted by Crippen LogP contribution is -2.41. The fourth-order valence-electron chi connectivity index (χ4n) is 2.66. The molecule has 0 spiro atoms. The van der Waals surface area contributed by atoms with E-state index in [1.165, 1.54) is 17.7 Å². The third kappa shape index (κ3) is 4.89. The number of likely N-dealkylation sites (N-methyl/N-ethyl adjacent to an activating group) is 2. The molecule has 1 N–H and O–H groups in total. The second kappa shape index (κ2) is 7.76. The molecular formula is C15H25N3OS. The zero-order valence-electron chi connectivity index (χ0n) is 12.5. The molecule has 112 valence electrons. The summed E-state index contributed by atoms with van der Waals surface area (Å²) >= 11 is 1.70. The SMILES string of the molecule is CN(CC(=O)N(C)Cc1cccs1)CC1CCCNC1. The van der Waals surface area contributed by atoms with E-state index in [2.05, 4.69) is 21.7 Å². The molecule has 4 nitrogen and oxygen atoms in total. The first kappa shape index (κ1) is 15.5. The number of rotatable bonds is 6. The maximum absolute atomic E-state index is 12.2. The third-order valence-electron chi connectivity index (χ3n) is 3.77. The van der Waals surface area contributed by atoms with Gasteiger partial charge in [0.25, 0.3) is 0 Å². The first-order valence-electron chi connectivity index (χ1n) is 7.30. The first-order valence-corrected chi connectivity index (χ1v) is 8.18. The molecule has 0 aromatic carbocycles. The Balaban J connectivity index is 1.72. The number of nitrogens with one attached hydrogen (secondary N) is 1. The second-order valence-electron chi connectivity index (χ2n) is 5.74. The molecule has 1 aromatic heterocycles. The van der Waals surface area contributed by atoms with Crippen LogP contribution in [-0.2, 0) is 11.3 Å². The van der Waals surface area contributed by atoms with Gasteiger partial charge in [-0.15, -0.1) is 11.3 Å². The number of hydrogen-bond acceptors (Lipinski definition) is 4. The zero-order chi connectivity index (χ0) is 14.4. The molecule has 1 saturated heterocycles. The van der Waals surface area contributed by atoms with Gasteiger partial charge in [0.15, 0.2) is 0 Å². The van der Waals surface area contributed by atoms with Crippen molar-refractivity contribution < 1.29 is 4.79 Å². The Labute approximate surface area is 125 Å². The maximum atomic E-state index is 12.2. The molecule has 1 aliphatic rings. The Hall–Kier alpha value is -0.910. The van der Waals surface area contributed by atoms with Gasteiger partial charge in [-0.2, -0.15) is 0 Å². The van der Waals surface area contributed by atoms with Crippen LogP contribution in [0.25, 0.3) is 0 Å². The quantitative estimate of drug-likeness (QED) is 0.866. The van der Waals surface area contributed by atoms with Gasteiger partial charge in [0.1, 0.15) is 0 Å². The molecule has 1 amide bonds. The monoisotopic (exact) mass is 295 g/mol. The fourth-order valence-corrected chi connectivity index (χ4v) is 3.42. The molecular weight excluding hydrogens is 270 g/mol. The summed E-state index contributed by atoms with van der Waals surface area (Å²) in [7, 11) is 3.93. The van der Waals surface area contributed by atoms with Crippen LogP contribution in [0.1, 0.15) is 17.7 Å². The third-order valence-corrected chi connectivity index (χ3v) is 4.63. The molecule has 0 radical (unpaired) electrons. The van der Waals surface area contributed by atoms with Crippen LogP contribution in [0.15, 0.2) is 17.5 Å². The largest absolute Gasteiger partial charge is 0.340 e. The molecule has 0 aliphatic carbocycles. The minimum absolute atomic E-state index is 0.199. The summed E-state index contributed by atoms with van der Waals surface area (Å²) in [5.41, 5.74) is 0. The van der Waals surface area contributed by atoms with Crippen molar-refractivity contribution in [1.82, 2.24) is 15.1 Å². The van der Waals surface area contributed by atoms with Crippen molar-refractivity contribution in [1.29, 1.82) is 0 Å². The standard InChI is InChI=1S/C15H25N3OS/c1-17(10-13-5-3-7-16-9-13)12-15(19)18(2)11-14-6-4-8-20-14/h4,6,8,13,16H,3,5,7,9-12H2,1-2H3. The van der Waals surface area contributed by atoms with Crippen molar-refractivity contribution in [3.05, 3.63) is 22.4 Å². The van der Waals surface area contributed by atoms with E-state index < -0.39 is 0 Å². The number of thiophene rings is 1. The summed E-state index contributed by atoms with van der Waals surface area (Å²) in [6.07, 6.45) is 2.53. The Morgan fingerprint density at radius 3 is 3.00 bits per heavy atom. The molecule has 1 fully saturated rings. The van der Waals surface area contributed by atoms with Crippen LogP contribution in [0.2, 0.25) is 0 Å². The van der Waals surface area contributed by atoms with Crippen LogP contribution in [0, 0.1) is 5.92 Å². The van der Waals surface area contributed by atoms with Gasteiger partial charge >= 0.3 is 0 Å². The van der Waals surface area contributed by atoms with Gasteiger partial charge < -0.3 is 10.2 Å². The van der Waals surface area contributed by atoms with Crippen molar-refractivity contribution in [3.63, 3.8) is 0 Å². The lowest BCUT2D eigenvalue weighted by atomic mass is 9.99. The molecule has 1 atom stereocenters. The van der Waals surface area contributed by atoms with Gasteiger partial charge in [-0.05, 0) is 50.3 Å². The predicted molar refractivity (Wildman–Crippen MR) is 83.9 cm³/mol. The summed E-state index contributed by atoms with van der Waals surface area (Å²) < 4.78 is 0. The summed E-state index contributed by atoms with van der Waals surface area (Å²) in [5, 5.41) is 5.48. The number of carbonyl (C=O) groups is 1. The van der Waals surface area contributed by atoms with Gasteiger partial charge in [0, 0.05) is 18.5 Å². The van der Waals surface area contributed by atoms with E-state index in [0.29, 0.717) is 12.5 Å². The zero-order valence-corrected chi connectivity index (χ0v) is 13.3. The van der Waals surface area contributed by atoms with Crippen LogP contribution in [-0.4, -0.2) is 56.0 Å². The van der Waals surface area contributed by atoms with Gasteiger partial charge in [-0.25, -0.2) is 0 Å². The number of hydrogen-bond donors (Lipinski definition) is 1. The normalized spacial score (nSPS) is 19.2. The summed E-state index contributed by atoms with van der Waals surface area (Å²) in [6.45, 7) is 4.46. The highest BCUT2D eigenvalue weighted by molar-refractivity contribution is 7.09. The van der Waals surface area contributed by atoms with E-state index in [9.17, 15) is 4.79 Å². The summed E-state index contributed by atoms with van der Waals surface area (Å²) in [5.74, 6) is 0.883. The van der Waals surface area contributed by atoms with E-state index in [1.807, 2.05) is 25.1 Å². The van der Waals surface area contributed by atoms with E-state index in [-0.39, 0.29) is 5.91 Å². The van der Waals surface area contributed by atoms with Crippen LogP contribution in [0.5, 0.6) is 0 Å². The highest BCUT2D eigenvalue weighted by Gasteiger charge is 2.18. The number of piperidine rings is 1. The lowest BCUT2D eigenvalue weighted by molar-refractivity contribution is -0.131. The number of nitrogens with zero attached hydrogens (tertiary/aromatic N) is 2. The van der Waals surface area contributed by atoms with Gasteiger partial charge in [-0.1, -0.05) is 6.07 Å². The Morgan fingerprint density at radius 1 is 1.50 bits per heavy atom. The fraction of sp³-hybridized carbons (Fsp3) is 0.667. The Kier molecular flexibility index (Phi) is 6.01. The molecule has 1 aromatic rings. The topological polar surface area (TPSA) is 35.6 Å². The average Bonchev–Trinajstić information content (AvgIpc) is 2.92. The molecule has 5 heteroatoms. The predicted octanol–water partition coefficient (Wildman–Crippen LogP) is 1.64. The summed E-state index contributed by atoms with van der Waals surface area (Å²) in [4.78, 5) is 17.4. The maximum Gasteiger partial charge on any atom is 0.236 e. The molecule has 2 rings (SSSR count). The number of carbonyl (C=O) groups excluding carboxylic acids is 1. The minimum atomic E-state index is 0.199. The van der Waals surface area contributed by atoms with Crippen LogP contribution >= 0.6 is 11.3 Å². The van der Waals surface area contributed by atoms with Crippen molar-refractivity contribution in [2.45, 2.75) is 19.4 Å². The minimum Gasteiger partial charge on any atom is -0.340 e. The molecule has 0 saturated carbocycles. The lowest BCUT2D eigenvalue weighted by Gasteiger charge is -2.28. The molecule has 20 heavy (non-hydrogen) atoms. The highest BCUT2D eigenvalue weighted by Crippen LogP contribution is 2.12. The van der Waals surface area contributed by atoms with Crippen molar-refractivity contribution >= 4 is 17.2 Å². The Bertz CT molecular complexity index is 401. The van der Waals surface area contributed by atoms with Crippen LogP contribution in [0.3, 0.4) is 0 Å². The second-order valence-corrected chi connectivity index (χ2v) is 6.77. The van der Waals surface area contributed by atoms with E-state index in [4.69, 9.17) is 0 Å². The van der Waals surface area contributed by atoms with Crippen LogP contribution in [0.4, 0.5) is 0 Å². The molecule has 0 bridgehead atoms. The van der Waals surface area contributed by atoms with Crippen molar-refractivity contribution in [2.24, 2.45) is 5.92 Å². The van der Waals surface area contributed by atoms with Gasteiger partial charge in [0.2, 0.25) is 5.91 Å². The molecule has 1 aliphatic heterocycles. The molecule has 1 unspecified atom stereocenters. The Morgan fingerprint density at radius 2 is 2.35 bits per heavy atom. The highest BCUT2D eigenvalue weighted by atomic mass is 32.1. The average molecular weight is 295 g/mol.